The van der Waals surface area contributed by atoms with Gasteiger partial charge in [-0.05, 0) is 31.4 Å². The van der Waals surface area contributed by atoms with Crippen molar-refractivity contribution in [2.45, 2.75) is 19.3 Å². The Morgan fingerprint density at radius 2 is 2.05 bits per heavy atom. The molecule has 0 fully saturated rings. The predicted molar refractivity (Wildman–Crippen MR) is 76.3 cm³/mol. The Balaban J connectivity index is 1.82. The highest BCUT2D eigenvalue weighted by Gasteiger charge is 2.22. The Hall–Kier alpha value is -2.70. The van der Waals surface area contributed by atoms with Crippen LogP contribution < -0.4 is 5.32 Å². The van der Waals surface area contributed by atoms with E-state index in [-0.39, 0.29) is 11.6 Å². The fourth-order valence-electron chi connectivity index (χ4n) is 2.59. The lowest BCUT2D eigenvalue weighted by molar-refractivity contribution is -0.384. The monoisotopic (exact) mass is 286 g/mol. The lowest BCUT2D eigenvalue weighted by Gasteiger charge is -2.07. The number of nitrogens with zero attached hydrogens (tertiary/aromatic N) is 3. The van der Waals surface area contributed by atoms with Crippen LogP contribution in [0.15, 0.2) is 24.3 Å². The van der Waals surface area contributed by atoms with Gasteiger partial charge >= 0.3 is 0 Å². The van der Waals surface area contributed by atoms with Gasteiger partial charge in [-0.1, -0.05) is 0 Å². The third-order valence-electron chi connectivity index (χ3n) is 3.64. The predicted octanol–water partition coefficient (Wildman–Crippen LogP) is 2.07. The minimum Gasteiger partial charge on any atom is -0.307 e. The van der Waals surface area contributed by atoms with E-state index in [4.69, 9.17) is 0 Å². The van der Waals surface area contributed by atoms with E-state index in [0.717, 1.165) is 30.5 Å². The number of benzene rings is 1. The summed E-state index contributed by atoms with van der Waals surface area (Å²) in [6.07, 6.45) is 2.91. The first kappa shape index (κ1) is 13.3. The van der Waals surface area contributed by atoms with Crippen molar-refractivity contribution in [1.29, 1.82) is 0 Å². The number of non-ortho nitro benzene ring substituents is 1. The van der Waals surface area contributed by atoms with Gasteiger partial charge in [-0.15, -0.1) is 0 Å². The molecule has 0 aliphatic heterocycles. The molecule has 0 atom stereocenters. The highest BCUT2D eigenvalue weighted by Crippen LogP contribution is 2.28. The molecule has 0 saturated heterocycles. The van der Waals surface area contributed by atoms with Crippen molar-refractivity contribution in [2.24, 2.45) is 7.05 Å². The minimum atomic E-state index is -0.490. The number of aryl methyl sites for hydroxylation is 2. The quantitative estimate of drug-likeness (QED) is 0.690. The summed E-state index contributed by atoms with van der Waals surface area (Å²) < 4.78 is 1.67. The minimum absolute atomic E-state index is 0.0343. The fraction of sp³-hybridized carbons (Fsp3) is 0.286. The Morgan fingerprint density at radius 3 is 2.71 bits per heavy atom. The number of hydrogen-bond donors (Lipinski definition) is 1. The molecule has 0 bridgehead atoms. The molecule has 1 amide bonds. The average Bonchev–Trinajstić information content (AvgIpc) is 3.02. The number of carbonyl (C=O) groups excluding carboxylic acids is 1. The third-order valence-corrected chi connectivity index (χ3v) is 3.64. The third kappa shape index (κ3) is 2.37. The summed E-state index contributed by atoms with van der Waals surface area (Å²) in [6.45, 7) is 0. The molecular weight excluding hydrogens is 272 g/mol. The molecule has 1 N–H and O–H groups in total. The summed E-state index contributed by atoms with van der Waals surface area (Å²) in [5.41, 5.74) is 2.48. The van der Waals surface area contributed by atoms with E-state index in [2.05, 4.69) is 10.4 Å². The van der Waals surface area contributed by atoms with E-state index in [1.807, 2.05) is 0 Å². The van der Waals surface area contributed by atoms with Crippen LogP contribution in [0, 0.1) is 10.1 Å². The number of amides is 1. The highest BCUT2D eigenvalue weighted by molar-refractivity contribution is 6.04. The summed E-state index contributed by atoms with van der Waals surface area (Å²) in [4.78, 5) is 22.3. The zero-order valence-corrected chi connectivity index (χ0v) is 11.5. The maximum Gasteiger partial charge on any atom is 0.269 e. The zero-order chi connectivity index (χ0) is 15.0. The van der Waals surface area contributed by atoms with Gasteiger partial charge < -0.3 is 5.32 Å². The van der Waals surface area contributed by atoms with Crippen molar-refractivity contribution in [1.82, 2.24) is 9.78 Å². The van der Waals surface area contributed by atoms with Crippen LogP contribution in [0.3, 0.4) is 0 Å². The van der Waals surface area contributed by atoms with Crippen LogP contribution in [-0.2, 0) is 19.9 Å². The van der Waals surface area contributed by atoms with Crippen LogP contribution >= 0.6 is 0 Å². The molecule has 0 spiro atoms. The molecule has 1 heterocycles. The first-order valence-electron chi connectivity index (χ1n) is 6.67. The van der Waals surface area contributed by atoms with Crippen molar-refractivity contribution in [2.75, 3.05) is 5.32 Å². The van der Waals surface area contributed by atoms with Gasteiger partial charge in [-0.25, -0.2) is 0 Å². The van der Waals surface area contributed by atoms with Gasteiger partial charge in [0.25, 0.3) is 11.6 Å². The summed E-state index contributed by atoms with van der Waals surface area (Å²) in [5, 5.41) is 17.8. The smallest absolute Gasteiger partial charge is 0.269 e. The van der Waals surface area contributed by atoms with E-state index < -0.39 is 4.92 Å². The van der Waals surface area contributed by atoms with E-state index in [1.165, 1.54) is 24.3 Å². The Morgan fingerprint density at radius 1 is 1.33 bits per heavy atom. The molecule has 7 nitrogen and oxygen atoms in total. The van der Waals surface area contributed by atoms with Crippen molar-refractivity contribution in [3.63, 3.8) is 0 Å². The highest BCUT2D eigenvalue weighted by atomic mass is 16.6. The molecule has 3 rings (SSSR count). The van der Waals surface area contributed by atoms with Gasteiger partial charge in [0.15, 0.2) is 0 Å². The van der Waals surface area contributed by atoms with Crippen LogP contribution in [-0.4, -0.2) is 20.6 Å². The van der Waals surface area contributed by atoms with E-state index in [9.17, 15) is 14.9 Å². The normalized spacial score (nSPS) is 13.0. The van der Waals surface area contributed by atoms with Crippen LogP contribution in [0.25, 0.3) is 0 Å². The summed E-state index contributed by atoms with van der Waals surface area (Å²) in [7, 11) is 1.80. The maximum absolute atomic E-state index is 12.2. The zero-order valence-electron chi connectivity index (χ0n) is 11.5. The van der Waals surface area contributed by atoms with Crippen molar-refractivity contribution >= 4 is 17.4 Å². The van der Waals surface area contributed by atoms with E-state index >= 15 is 0 Å². The number of fused-ring (bicyclic) bond motifs is 1. The standard InChI is InChI=1S/C14H14N4O3/c1-17-13(11-3-2-4-12(11)16-17)15-14(19)9-5-7-10(8-6-9)18(20)21/h5-8H,2-4H2,1H3,(H,15,19). The lowest BCUT2D eigenvalue weighted by atomic mass is 10.2. The molecular formula is C14H14N4O3. The lowest BCUT2D eigenvalue weighted by Crippen LogP contribution is -2.15. The number of aromatic nitrogens is 2. The van der Waals surface area contributed by atoms with Gasteiger partial charge in [0.1, 0.15) is 5.82 Å². The van der Waals surface area contributed by atoms with Crippen molar-refractivity contribution in [3.8, 4) is 0 Å². The number of carbonyl (C=O) groups is 1. The van der Waals surface area contributed by atoms with Gasteiger partial charge in [-0.3, -0.25) is 19.6 Å². The molecule has 0 radical (unpaired) electrons. The molecule has 1 aromatic heterocycles. The Labute approximate surface area is 120 Å². The molecule has 0 saturated carbocycles. The van der Waals surface area contributed by atoms with E-state index in [1.54, 1.807) is 11.7 Å². The van der Waals surface area contributed by atoms with Crippen LogP contribution in [0.1, 0.15) is 28.0 Å². The van der Waals surface area contributed by atoms with Crippen LogP contribution in [0.4, 0.5) is 11.5 Å². The van der Waals surface area contributed by atoms with Crippen molar-refractivity contribution < 1.29 is 9.72 Å². The molecule has 0 unspecified atom stereocenters. The van der Waals surface area contributed by atoms with E-state index in [0.29, 0.717) is 11.4 Å². The number of anilines is 1. The van der Waals surface area contributed by atoms with Gasteiger partial charge in [0.2, 0.25) is 0 Å². The van der Waals surface area contributed by atoms with Crippen molar-refractivity contribution in [3.05, 3.63) is 51.2 Å². The topological polar surface area (TPSA) is 90.1 Å². The molecule has 1 aliphatic rings. The second kappa shape index (κ2) is 5.01. The molecule has 1 aromatic carbocycles. The number of rotatable bonds is 3. The fourth-order valence-corrected chi connectivity index (χ4v) is 2.59. The molecule has 108 valence electrons. The number of nitro groups is 1. The Kier molecular flexibility index (Phi) is 3.17. The number of hydrogen-bond acceptors (Lipinski definition) is 4. The second-order valence-electron chi connectivity index (χ2n) is 5.01. The van der Waals surface area contributed by atoms with Gasteiger partial charge in [0, 0.05) is 30.3 Å². The summed E-state index contributed by atoms with van der Waals surface area (Å²) in [5.74, 6) is 0.424. The molecule has 2 aromatic rings. The summed E-state index contributed by atoms with van der Waals surface area (Å²) >= 11 is 0. The SMILES string of the molecule is Cn1nc2c(c1NC(=O)c1ccc([N+](=O)[O-])cc1)CCC2. The largest absolute Gasteiger partial charge is 0.307 e. The first-order chi connectivity index (χ1) is 10.1. The maximum atomic E-state index is 12.2. The second-order valence-corrected chi connectivity index (χ2v) is 5.01. The number of nitrogens with one attached hydrogen (secondary N) is 1. The number of nitro benzene ring substituents is 1. The Bertz CT molecular complexity index is 719. The molecule has 7 heteroatoms. The van der Waals surface area contributed by atoms with Gasteiger partial charge in [-0.2, -0.15) is 5.10 Å². The van der Waals surface area contributed by atoms with Gasteiger partial charge in [0.05, 0.1) is 10.6 Å². The van der Waals surface area contributed by atoms with Crippen LogP contribution in [0.5, 0.6) is 0 Å². The first-order valence-corrected chi connectivity index (χ1v) is 6.67. The van der Waals surface area contributed by atoms with Crippen LogP contribution in [0.2, 0.25) is 0 Å². The molecule has 21 heavy (non-hydrogen) atoms. The average molecular weight is 286 g/mol. The summed E-state index contributed by atoms with van der Waals surface area (Å²) in [6, 6.07) is 5.54. The molecule has 1 aliphatic carbocycles.